The summed E-state index contributed by atoms with van der Waals surface area (Å²) in [5.74, 6) is 0. The monoisotopic (exact) mass is 6510 g/mol. The summed E-state index contributed by atoms with van der Waals surface area (Å²) in [5.41, 5.74) is 0. The predicted molar refractivity (Wildman–Crippen MR) is 36.2 cm³/mol. The molecule has 0 aliphatic rings. The third-order valence-corrected chi connectivity index (χ3v) is 0. The van der Waals surface area contributed by atoms with E-state index in [0.29, 0.717) is 0 Å². The van der Waals surface area contributed by atoms with E-state index in [1.54, 1.807) is 0 Å². The summed E-state index contributed by atoms with van der Waals surface area (Å²) in [6.45, 7) is 0. The molecule has 0 aliphatic heterocycles. The minimum atomic E-state index is 0. The topological polar surface area (TPSA) is 0 Å². The molecule has 0 saturated carbocycles. The average Bonchev–Trinajstić information content (AvgIpc) is 0. The van der Waals surface area contributed by atoms with Crippen molar-refractivity contribution in [3.8, 4) is 0 Å². The first-order chi connectivity index (χ1) is 0. The molecule has 0 spiro atoms. The molecule has 0 heterocycles. The molecule has 0 N–H and O–H groups in total. The van der Waals surface area contributed by atoms with E-state index in [0.717, 1.165) is 0 Å². The molecule has 0 rings (SSSR count). The van der Waals surface area contributed by atoms with Crippen LogP contribution < -0.4 is 0 Å². The van der Waals surface area contributed by atoms with Gasteiger partial charge in [-0.15, -0.1) is 62.0 Å². The maximum absolute atomic E-state index is 0. The molecule has 0 aromatic rings. The van der Waals surface area contributed by atoms with E-state index in [9.17, 15) is 0 Å². The second-order valence-electron chi connectivity index (χ2n) is 0. The molecule has 0 aliphatic carbocycles. The van der Waals surface area contributed by atoms with Gasteiger partial charge in [0.25, 0.3) is 0 Å². The first-order valence-electron chi connectivity index (χ1n) is 0. The van der Waals surface area contributed by atoms with Gasteiger partial charge in [-0.05, 0) is 0 Å². The molecule has 0 bridgehead atoms. The molecule has 0 saturated heterocycles. The second-order valence-corrected chi connectivity index (χ2v) is 0. The molecular weight excluding hydrogens is 6650 g/mol. The molecule has 0 aromatic heterocycles. The molecule has 104 heteroatoms. The molecule has 0 radical (unpaired) electrons. The minimum Gasteiger partial charge on any atom is -0.147 e. The Morgan fingerprint density at radius 3 is 0.0192 bits per heavy atom. The van der Waals surface area contributed by atoms with Crippen LogP contribution in [0.3, 0.4) is 0 Å². The molecule has 40 valence electrons. The Labute approximate surface area is 1930 Å². The van der Waals surface area contributed by atoms with Crippen molar-refractivity contribution in [1.29, 1.82) is 0 Å². The molecule has 0 amide bonds. The fourth-order valence-corrected chi connectivity index (χ4v) is 0. The van der Waals surface area contributed by atoms with Crippen LogP contribution in [0.4, 0.5) is 0 Å². The minimum absolute atomic E-state index is 0. The predicted octanol–water partition coefficient (Wildman–Crippen LogP) is 1.86. The smallest absolute Gasteiger partial charge is 0.147 e. The summed E-state index contributed by atoms with van der Waals surface area (Å²) in [6.07, 6.45) is 0. The largest absolute Gasteiger partial charge is 2.00 e. The quantitative estimate of drug-likeness (QED) is 0.326. The molecule has 0 aromatic carbocycles. The number of hydrogen-bond donors (Lipinski definition) is 0. The number of rotatable bonds is 0. The van der Waals surface area contributed by atoms with Gasteiger partial charge >= 0.3 is 1930 Å². The van der Waals surface area contributed by atoms with Crippen LogP contribution in [-0.4, -0.2) is 0 Å². The zero-order valence-electron chi connectivity index (χ0n) is 72.0. The summed E-state index contributed by atoms with van der Waals surface area (Å²) < 4.78 is 0. The Hall–Kier alpha value is 63.2. The SMILES string of the molecule is Cl.Cl.Cl.Cl.Cl.[Zn+2].[Zn+2].[Zn+2].[Zn+2].[Zn+2].[Zn+2].[Zn+2].[Zn+2].[Zn+2].[Zn+2].[Zn+2].[Zn+2].[Zn+2].[Zn+2].[Zn+2].[Zn+2].[Zn+2].[Zn+2].[Zn+2].[Zn+2].[Zn+2].[Zn+2].[Zn+2].[Zn+2].[Zn+2].[Zn+2].[Zn+2].[Zn+2].[Zn+2].[Zn+2].[Zn+2].[Zn+2].[Zn+2].[Zn+2].[Zn+2].[Zn+2].[Zn+2].[Zn+2].[Zn+2].[Zn+2].[Zn+2].[Zn+2].[Zn+2].[Zn+2].[Zn+2].[Zn+2].[Zn+2].[Zn+2].[Zn+2].[Zn+2].[Zn+2].[Zn+2].[Zn+2].[Zn+2].[Zn+2].[Zn+2].[Zn+2].[Zn+2].[Zn+2].[Zn+2].[Zn+2].[Zn+2].[Zn+2].[Zn+2].[Zn+2].[Zn+2].[Zn+2].[Zn+2].[Zn+2].[Zn+2].[Zn+2].[Zn+2].[Zn+2].[Zn+2].[Zn+2].[Zn+2].[Zn+2].[Zn+2].[Zn+2].[Zn+2].[Zn+2].[Zn+2].[Zn+2].[Zn+2].[Zn+2].[Zn+2].[Zn+2].[Zn+2].[Zn+2].[Zn+2].[Zn+2].[Zn+2].[Zn+2].[Zn+2].[Zn+2].[Zn+2].[Zn+2].[Zn+2].[Zn+2]. The number of hydrogen-bond acceptors (Lipinski definition) is 0. The summed E-state index contributed by atoms with van der Waals surface area (Å²) in [4.78, 5) is 0. The van der Waals surface area contributed by atoms with Crippen molar-refractivity contribution in [2.24, 2.45) is 0 Å². The normalized spacial score (nSPS) is 0. The summed E-state index contributed by atoms with van der Waals surface area (Å²) in [7, 11) is 0. The van der Waals surface area contributed by atoms with Crippen molar-refractivity contribution in [2.45, 2.75) is 0 Å². The van der Waals surface area contributed by atoms with Crippen LogP contribution in [-0.2, 0) is 1930 Å². The van der Waals surface area contributed by atoms with Crippen molar-refractivity contribution in [3.05, 3.63) is 0 Å². The van der Waals surface area contributed by atoms with Gasteiger partial charge in [0, 0.05) is 0 Å². The Balaban J connectivity index is 0. The summed E-state index contributed by atoms with van der Waals surface area (Å²) in [5, 5.41) is 0. The van der Waals surface area contributed by atoms with Gasteiger partial charge in [-0.1, -0.05) is 0 Å². The van der Waals surface area contributed by atoms with E-state index in [1.807, 2.05) is 0 Å². The van der Waals surface area contributed by atoms with Gasteiger partial charge in [-0.2, -0.15) is 0 Å². The van der Waals surface area contributed by atoms with Crippen molar-refractivity contribution in [2.75, 3.05) is 0 Å². The fourth-order valence-electron chi connectivity index (χ4n) is 0. The van der Waals surface area contributed by atoms with E-state index in [4.69, 9.17) is 0 Å². The maximum atomic E-state index is 0. The maximum Gasteiger partial charge on any atom is 2.00 e. The van der Waals surface area contributed by atoms with Gasteiger partial charge in [0.15, 0.2) is 0 Å². The van der Waals surface area contributed by atoms with E-state index in [1.165, 1.54) is 0 Å². The third-order valence-electron chi connectivity index (χ3n) is 0. The first-order valence-corrected chi connectivity index (χ1v) is 0. The average molecular weight is 6660 g/mol. The van der Waals surface area contributed by atoms with Gasteiger partial charge in [-0.25, -0.2) is 0 Å². The van der Waals surface area contributed by atoms with Gasteiger partial charge in [0.05, 0.1) is 0 Å². The molecule has 104 heavy (non-hydrogen) atoms. The Bertz CT molecular complexity index is 28.9. The summed E-state index contributed by atoms with van der Waals surface area (Å²) >= 11 is 0. The van der Waals surface area contributed by atoms with Crippen LogP contribution in [0.1, 0.15) is 0 Å². The Morgan fingerprint density at radius 2 is 0.0192 bits per heavy atom. The van der Waals surface area contributed by atoms with Crippen LogP contribution in [0.15, 0.2) is 0 Å². The van der Waals surface area contributed by atoms with Gasteiger partial charge in [0.1, 0.15) is 0 Å². The zero-order valence-corrected chi connectivity index (χ0v) is 370. The van der Waals surface area contributed by atoms with Crippen molar-refractivity contribution in [3.63, 3.8) is 0 Å². The first kappa shape index (κ1) is 1160. The summed E-state index contributed by atoms with van der Waals surface area (Å²) in [6, 6.07) is 0. The van der Waals surface area contributed by atoms with Crippen LogP contribution in [0.2, 0.25) is 0 Å². The number of halogens is 5. The van der Waals surface area contributed by atoms with Crippen LogP contribution in [0.25, 0.3) is 0 Å². The molecule has 0 fully saturated rings. The van der Waals surface area contributed by atoms with Crippen molar-refractivity contribution in [1.82, 2.24) is 0 Å². The Morgan fingerprint density at radius 1 is 0.0192 bits per heavy atom. The molecular formula is H5Cl5Zn99+198. The Kier molecular flexibility index (Phi) is 12600. The molecule has 0 unspecified atom stereocenters. The van der Waals surface area contributed by atoms with Gasteiger partial charge in [-0.3, -0.25) is 0 Å². The van der Waals surface area contributed by atoms with Gasteiger partial charge in [0.2, 0.25) is 0 Å². The molecule has 0 nitrogen and oxygen atoms in total. The van der Waals surface area contributed by atoms with E-state index >= 15 is 0 Å². The van der Waals surface area contributed by atoms with Crippen LogP contribution in [0, 0.1) is 0 Å². The van der Waals surface area contributed by atoms with Crippen molar-refractivity contribution < 1.29 is 1930 Å². The van der Waals surface area contributed by atoms with E-state index in [-0.39, 0.29) is 1990 Å². The standard InChI is InChI=1S/5ClH.99Zn/h5*1H;;;;;;;;;;;;;;;;;;;;;;;;;;;;;;;;;;;;;;;;;;;;;;;;;;;;;;;;;;;;;;;;;;;;;;;;;;;;;;;;;;;;;;;;;;;;;;;;;;;/q;;;;;99*+2. The zero-order chi connectivity index (χ0) is 0. The second kappa shape index (κ2) is 1140. The van der Waals surface area contributed by atoms with Gasteiger partial charge < -0.3 is 0 Å². The van der Waals surface area contributed by atoms with E-state index in [2.05, 4.69) is 0 Å². The fraction of sp³-hybridized carbons (Fsp3) is 0. The third kappa shape index (κ3) is 1120. The molecule has 0 atom stereocenters. The van der Waals surface area contributed by atoms with Crippen LogP contribution in [0.5, 0.6) is 0 Å². The van der Waals surface area contributed by atoms with Crippen molar-refractivity contribution >= 4 is 62.0 Å². The van der Waals surface area contributed by atoms with Crippen LogP contribution >= 0.6 is 62.0 Å². The van der Waals surface area contributed by atoms with E-state index < -0.39 is 0 Å².